The maximum absolute atomic E-state index is 13.3. The van der Waals surface area contributed by atoms with Gasteiger partial charge in [-0.3, -0.25) is 9.59 Å². The molecule has 0 radical (unpaired) electrons. The van der Waals surface area contributed by atoms with Gasteiger partial charge >= 0.3 is 0 Å². The Kier molecular flexibility index (Phi) is 6.23. The number of carbonyl (C=O) groups is 2. The van der Waals surface area contributed by atoms with E-state index < -0.39 is 5.82 Å². The fraction of sp³-hybridized carbons (Fsp3) is 0.304. The van der Waals surface area contributed by atoms with Crippen LogP contribution in [0.3, 0.4) is 0 Å². The molecule has 1 aromatic carbocycles. The molecule has 32 heavy (non-hydrogen) atoms. The van der Waals surface area contributed by atoms with Gasteiger partial charge < -0.3 is 9.80 Å². The van der Waals surface area contributed by atoms with Gasteiger partial charge in [0.15, 0.2) is 5.82 Å². The highest BCUT2D eigenvalue weighted by atomic mass is 35.5. The maximum atomic E-state index is 13.3. The molecule has 3 heterocycles. The van der Waals surface area contributed by atoms with Crippen molar-refractivity contribution in [2.45, 2.75) is 19.8 Å². The monoisotopic (exact) mass is 455 g/mol. The third-order valence-corrected chi connectivity index (χ3v) is 5.78. The highest BCUT2D eigenvalue weighted by Gasteiger charge is 2.30. The van der Waals surface area contributed by atoms with Gasteiger partial charge in [0.1, 0.15) is 5.82 Å². The SMILES string of the molecule is CC(C)c1c(C(=O)N2CCN(C(=O)c3ccc(F)cc3Cl)CC2)cnn1-c1ccccn1. The summed E-state index contributed by atoms with van der Waals surface area (Å²) >= 11 is 6.04. The molecule has 2 aromatic heterocycles. The van der Waals surface area contributed by atoms with Crippen molar-refractivity contribution in [1.29, 1.82) is 0 Å². The van der Waals surface area contributed by atoms with E-state index in [-0.39, 0.29) is 28.3 Å². The molecule has 0 bridgehead atoms. The van der Waals surface area contributed by atoms with E-state index in [2.05, 4.69) is 10.1 Å². The van der Waals surface area contributed by atoms with Crippen molar-refractivity contribution in [3.8, 4) is 5.82 Å². The quantitative estimate of drug-likeness (QED) is 0.600. The molecule has 1 aliphatic rings. The van der Waals surface area contributed by atoms with Crippen LogP contribution in [0.1, 0.15) is 46.2 Å². The van der Waals surface area contributed by atoms with Crippen molar-refractivity contribution in [2.24, 2.45) is 0 Å². The molecule has 4 rings (SSSR count). The first-order chi connectivity index (χ1) is 15.4. The lowest BCUT2D eigenvalue weighted by molar-refractivity contribution is 0.0534. The summed E-state index contributed by atoms with van der Waals surface area (Å²) in [5, 5.41) is 4.50. The van der Waals surface area contributed by atoms with Crippen LogP contribution in [0.15, 0.2) is 48.8 Å². The van der Waals surface area contributed by atoms with E-state index in [0.717, 1.165) is 11.8 Å². The number of aromatic nitrogens is 3. The van der Waals surface area contributed by atoms with Crippen LogP contribution >= 0.6 is 11.6 Å². The zero-order valence-electron chi connectivity index (χ0n) is 17.8. The van der Waals surface area contributed by atoms with Gasteiger partial charge in [-0.25, -0.2) is 14.1 Å². The van der Waals surface area contributed by atoms with Crippen molar-refractivity contribution in [1.82, 2.24) is 24.6 Å². The van der Waals surface area contributed by atoms with Gasteiger partial charge in [0, 0.05) is 32.4 Å². The number of rotatable bonds is 4. The summed E-state index contributed by atoms with van der Waals surface area (Å²) in [4.78, 5) is 33.8. The molecule has 1 saturated heterocycles. The summed E-state index contributed by atoms with van der Waals surface area (Å²) in [5.41, 5.74) is 1.59. The van der Waals surface area contributed by atoms with E-state index in [1.165, 1.54) is 12.1 Å². The molecule has 2 amide bonds. The normalized spacial score (nSPS) is 14.2. The van der Waals surface area contributed by atoms with Crippen molar-refractivity contribution in [3.05, 3.63) is 76.5 Å². The summed E-state index contributed by atoms with van der Waals surface area (Å²) < 4.78 is 15.0. The van der Waals surface area contributed by atoms with Gasteiger partial charge in [-0.05, 0) is 36.2 Å². The summed E-state index contributed by atoms with van der Waals surface area (Å²) in [6, 6.07) is 9.27. The Bertz CT molecular complexity index is 1140. The molecule has 3 aromatic rings. The van der Waals surface area contributed by atoms with Gasteiger partial charge in [0.2, 0.25) is 0 Å². The second-order valence-electron chi connectivity index (χ2n) is 7.91. The van der Waals surface area contributed by atoms with Crippen LogP contribution in [0, 0.1) is 5.82 Å². The molecule has 7 nitrogen and oxygen atoms in total. The Hall–Kier alpha value is -3.26. The van der Waals surface area contributed by atoms with Gasteiger partial charge in [0.25, 0.3) is 11.8 Å². The number of pyridine rings is 1. The second-order valence-corrected chi connectivity index (χ2v) is 8.31. The third-order valence-electron chi connectivity index (χ3n) is 5.47. The number of benzene rings is 1. The van der Waals surface area contributed by atoms with E-state index in [9.17, 15) is 14.0 Å². The molecular weight excluding hydrogens is 433 g/mol. The van der Waals surface area contributed by atoms with Crippen molar-refractivity contribution in [3.63, 3.8) is 0 Å². The number of nitrogens with zero attached hydrogens (tertiary/aromatic N) is 5. The number of carbonyl (C=O) groups excluding carboxylic acids is 2. The molecule has 0 N–H and O–H groups in total. The summed E-state index contributed by atoms with van der Waals surface area (Å²) in [6.45, 7) is 5.52. The number of hydrogen-bond acceptors (Lipinski definition) is 4. The third kappa shape index (κ3) is 4.23. The maximum Gasteiger partial charge on any atom is 0.257 e. The number of piperazine rings is 1. The fourth-order valence-electron chi connectivity index (χ4n) is 3.86. The van der Waals surface area contributed by atoms with E-state index in [4.69, 9.17) is 11.6 Å². The summed E-state index contributed by atoms with van der Waals surface area (Å²) in [5.74, 6) is -0.173. The average molecular weight is 456 g/mol. The molecular formula is C23H23ClFN5O2. The van der Waals surface area contributed by atoms with Gasteiger partial charge in [-0.2, -0.15) is 5.10 Å². The number of amides is 2. The van der Waals surface area contributed by atoms with E-state index >= 15 is 0 Å². The van der Waals surface area contributed by atoms with Gasteiger partial charge in [-0.1, -0.05) is 31.5 Å². The molecule has 166 valence electrons. The lowest BCUT2D eigenvalue weighted by atomic mass is 10.0. The Morgan fingerprint density at radius 1 is 1.00 bits per heavy atom. The van der Waals surface area contributed by atoms with E-state index in [0.29, 0.717) is 37.6 Å². The van der Waals surface area contributed by atoms with Crippen LogP contribution in [-0.2, 0) is 0 Å². The van der Waals surface area contributed by atoms with Crippen LogP contribution < -0.4 is 0 Å². The second kappa shape index (κ2) is 9.08. The van der Waals surface area contributed by atoms with Crippen molar-refractivity contribution in [2.75, 3.05) is 26.2 Å². The largest absolute Gasteiger partial charge is 0.335 e. The van der Waals surface area contributed by atoms with Gasteiger partial charge in [0.05, 0.1) is 28.0 Å². The van der Waals surface area contributed by atoms with Crippen molar-refractivity contribution < 1.29 is 14.0 Å². The molecule has 0 saturated carbocycles. The van der Waals surface area contributed by atoms with Crippen LogP contribution in [0.2, 0.25) is 5.02 Å². The molecule has 1 aliphatic heterocycles. The zero-order chi connectivity index (χ0) is 22.8. The molecule has 0 atom stereocenters. The highest BCUT2D eigenvalue weighted by Crippen LogP contribution is 2.25. The molecule has 0 unspecified atom stereocenters. The molecule has 0 spiro atoms. The lowest BCUT2D eigenvalue weighted by Gasteiger charge is -2.35. The predicted octanol–water partition coefficient (Wildman–Crippen LogP) is 3.78. The number of halogens is 2. The van der Waals surface area contributed by atoms with E-state index in [1.54, 1.807) is 26.9 Å². The number of hydrogen-bond donors (Lipinski definition) is 0. The Morgan fingerprint density at radius 2 is 1.66 bits per heavy atom. The predicted molar refractivity (Wildman–Crippen MR) is 119 cm³/mol. The first kappa shape index (κ1) is 22.0. The minimum absolute atomic E-state index is 0.0574. The smallest absolute Gasteiger partial charge is 0.257 e. The van der Waals surface area contributed by atoms with Crippen molar-refractivity contribution >= 4 is 23.4 Å². The molecule has 9 heteroatoms. The Labute approximate surface area is 190 Å². The molecule has 0 aliphatic carbocycles. The van der Waals surface area contributed by atoms with Crippen LogP contribution in [0.5, 0.6) is 0 Å². The minimum atomic E-state index is -0.492. The lowest BCUT2D eigenvalue weighted by Crippen LogP contribution is -2.50. The highest BCUT2D eigenvalue weighted by molar-refractivity contribution is 6.33. The minimum Gasteiger partial charge on any atom is -0.335 e. The van der Waals surface area contributed by atoms with Crippen LogP contribution in [0.25, 0.3) is 5.82 Å². The summed E-state index contributed by atoms with van der Waals surface area (Å²) in [7, 11) is 0. The standard InChI is InChI=1S/C23H23ClFN5O2/c1-15(2)21-18(14-27-30(21)20-5-3-4-8-26-20)23(32)29-11-9-28(10-12-29)22(31)17-7-6-16(25)13-19(17)24/h3-8,13-15H,9-12H2,1-2H3. The average Bonchev–Trinajstić information content (AvgIpc) is 3.24. The zero-order valence-corrected chi connectivity index (χ0v) is 18.6. The first-order valence-electron chi connectivity index (χ1n) is 10.4. The first-order valence-corrected chi connectivity index (χ1v) is 10.8. The van der Waals surface area contributed by atoms with Crippen LogP contribution in [-0.4, -0.2) is 62.6 Å². The van der Waals surface area contributed by atoms with E-state index in [1.807, 2.05) is 32.0 Å². The Balaban J connectivity index is 1.49. The van der Waals surface area contributed by atoms with Gasteiger partial charge in [-0.15, -0.1) is 0 Å². The van der Waals surface area contributed by atoms with Crippen LogP contribution in [0.4, 0.5) is 4.39 Å². The topological polar surface area (TPSA) is 71.3 Å². The Morgan fingerprint density at radius 3 is 2.22 bits per heavy atom. The molecule has 1 fully saturated rings. The summed E-state index contributed by atoms with van der Waals surface area (Å²) in [6.07, 6.45) is 3.27. The fourth-order valence-corrected chi connectivity index (χ4v) is 4.10.